The van der Waals surface area contributed by atoms with Crippen LogP contribution in [0, 0.1) is 10.1 Å². The molecule has 7 heteroatoms. The van der Waals surface area contributed by atoms with E-state index in [1.54, 1.807) is 6.92 Å². The normalized spacial score (nSPS) is 9.89. The number of esters is 1. The van der Waals surface area contributed by atoms with Gasteiger partial charge in [-0.3, -0.25) is 14.9 Å². The number of rotatable bonds is 6. The average Bonchev–Trinajstić information content (AvgIpc) is 2.31. The first kappa shape index (κ1) is 14.4. The van der Waals surface area contributed by atoms with E-state index in [1.807, 2.05) is 0 Å². The quantitative estimate of drug-likeness (QED) is 0.458. The van der Waals surface area contributed by atoms with Crippen LogP contribution in [-0.4, -0.2) is 24.1 Å². The van der Waals surface area contributed by atoms with Crippen LogP contribution in [0.2, 0.25) is 0 Å². The number of hydrogen-bond acceptors (Lipinski definition) is 5. The van der Waals surface area contributed by atoms with Crippen LogP contribution < -0.4 is 4.74 Å². The molecule has 1 aromatic carbocycles. The summed E-state index contributed by atoms with van der Waals surface area (Å²) < 4.78 is 10.6. The van der Waals surface area contributed by atoms with Gasteiger partial charge in [0.1, 0.15) is 5.75 Å². The van der Waals surface area contributed by atoms with Gasteiger partial charge < -0.3 is 9.47 Å². The molecule has 0 aliphatic carbocycles. The smallest absolute Gasteiger partial charge is 0.309 e. The second-order valence-corrected chi connectivity index (χ2v) is 4.13. The van der Waals surface area contributed by atoms with E-state index in [2.05, 4.69) is 15.9 Å². The van der Waals surface area contributed by atoms with Crippen LogP contribution in [0.5, 0.6) is 5.75 Å². The van der Waals surface area contributed by atoms with Gasteiger partial charge in [0.25, 0.3) is 5.69 Å². The molecule has 6 nitrogen and oxygen atoms in total. The van der Waals surface area contributed by atoms with Gasteiger partial charge in [-0.1, -0.05) is 0 Å². The molecule has 0 unspecified atom stereocenters. The van der Waals surface area contributed by atoms with Crippen LogP contribution in [0.3, 0.4) is 0 Å². The Kier molecular flexibility index (Phi) is 5.57. The third-order valence-electron chi connectivity index (χ3n) is 1.99. The fourth-order valence-corrected chi connectivity index (χ4v) is 1.55. The number of hydrogen-bond donors (Lipinski definition) is 0. The lowest BCUT2D eigenvalue weighted by molar-refractivity contribution is -0.385. The van der Waals surface area contributed by atoms with Gasteiger partial charge in [-0.25, -0.2) is 0 Å². The molecule has 0 amide bonds. The van der Waals surface area contributed by atoms with Gasteiger partial charge in [0.15, 0.2) is 0 Å². The molecule has 0 aliphatic rings. The van der Waals surface area contributed by atoms with Gasteiger partial charge >= 0.3 is 5.97 Å². The van der Waals surface area contributed by atoms with Gasteiger partial charge in [0.05, 0.1) is 35.1 Å². The number of benzene rings is 1. The number of carbonyl (C=O) groups is 1. The van der Waals surface area contributed by atoms with E-state index >= 15 is 0 Å². The van der Waals surface area contributed by atoms with Crippen molar-refractivity contribution in [3.05, 3.63) is 32.8 Å². The molecular formula is C11H12BrNO5. The zero-order valence-corrected chi connectivity index (χ0v) is 11.3. The van der Waals surface area contributed by atoms with Crippen molar-refractivity contribution in [1.29, 1.82) is 0 Å². The standard InChI is InChI=1S/C11H12BrNO5/c1-2-17-11(14)5-6-18-10-7-8(13(15)16)3-4-9(10)12/h3-4,7H,2,5-6H2,1H3. The Morgan fingerprint density at radius 1 is 1.50 bits per heavy atom. The molecule has 98 valence electrons. The number of nitro benzene ring substituents is 1. The fraction of sp³-hybridized carbons (Fsp3) is 0.364. The summed E-state index contributed by atoms with van der Waals surface area (Å²) in [6.45, 7) is 2.15. The molecule has 0 heterocycles. The van der Waals surface area contributed by atoms with Crippen LogP contribution in [0.15, 0.2) is 22.7 Å². The van der Waals surface area contributed by atoms with E-state index in [-0.39, 0.29) is 24.7 Å². The second kappa shape index (κ2) is 6.95. The minimum atomic E-state index is -0.509. The summed E-state index contributed by atoms with van der Waals surface area (Å²) in [5, 5.41) is 10.6. The van der Waals surface area contributed by atoms with E-state index < -0.39 is 4.92 Å². The zero-order chi connectivity index (χ0) is 13.5. The average molecular weight is 318 g/mol. The van der Waals surface area contributed by atoms with Gasteiger partial charge in [0.2, 0.25) is 0 Å². The third-order valence-corrected chi connectivity index (χ3v) is 2.65. The van der Waals surface area contributed by atoms with Crippen LogP contribution in [0.4, 0.5) is 5.69 Å². The minimum Gasteiger partial charge on any atom is -0.492 e. The van der Waals surface area contributed by atoms with Crippen molar-refractivity contribution >= 4 is 27.6 Å². The Morgan fingerprint density at radius 2 is 2.22 bits per heavy atom. The number of non-ortho nitro benzene ring substituents is 1. The topological polar surface area (TPSA) is 78.7 Å². The summed E-state index contributed by atoms with van der Waals surface area (Å²) in [5.74, 6) is -0.0347. The maximum absolute atomic E-state index is 11.1. The first-order chi connectivity index (χ1) is 8.54. The maximum Gasteiger partial charge on any atom is 0.309 e. The molecule has 0 radical (unpaired) electrons. The molecular weight excluding hydrogens is 306 g/mol. The van der Waals surface area contributed by atoms with Crippen LogP contribution in [0.25, 0.3) is 0 Å². The predicted octanol–water partition coefficient (Wildman–Crippen LogP) is 2.69. The molecule has 0 spiro atoms. The van der Waals surface area contributed by atoms with Gasteiger partial charge in [0, 0.05) is 6.07 Å². The molecule has 0 atom stereocenters. The highest BCUT2D eigenvalue weighted by Gasteiger charge is 2.11. The van der Waals surface area contributed by atoms with Crippen molar-refractivity contribution in [2.75, 3.05) is 13.2 Å². The first-order valence-electron chi connectivity index (χ1n) is 5.27. The van der Waals surface area contributed by atoms with E-state index in [0.29, 0.717) is 16.8 Å². The molecule has 0 aliphatic heterocycles. The molecule has 1 rings (SSSR count). The highest BCUT2D eigenvalue weighted by atomic mass is 79.9. The SMILES string of the molecule is CCOC(=O)CCOc1cc([N+](=O)[O-])ccc1Br. The highest BCUT2D eigenvalue weighted by Crippen LogP contribution is 2.29. The molecule has 0 fully saturated rings. The van der Waals surface area contributed by atoms with Crippen LogP contribution >= 0.6 is 15.9 Å². The summed E-state index contributed by atoms with van der Waals surface area (Å²) in [4.78, 5) is 21.2. The van der Waals surface area contributed by atoms with Crippen molar-refractivity contribution in [1.82, 2.24) is 0 Å². The van der Waals surface area contributed by atoms with E-state index in [9.17, 15) is 14.9 Å². The number of ether oxygens (including phenoxy) is 2. The predicted molar refractivity (Wildman–Crippen MR) is 67.5 cm³/mol. The Balaban J connectivity index is 2.58. The van der Waals surface area contributed by atoms with Gasteiger partial charge in [-0.05, 0) is 28.9 Å². The van der Waals surface area contributed by atoms with Crippen molar-refractivity contribution in [3.63, 3.8) is 0 Å². The van der Waals surface area contributed by atoms with Crippen molar-refractivity contribution in [2.24, 2.45) is 0 Å². The molecule has 18 heavy (non-hydrogen) atoms. The van der Waals surface area contributed by atoms with Crippen molar-refractivity contribution < 1.29 is 19.2 Å². The Bertz CT molecular complexity index is 449. The maximum atomic E-state index is 11.1. The van der Waals surface area contributed by atoms with Crippen LogP contribution in [-0.2, 0) is 9.53 Å². The largest absolute Gasteiger partial charge is 0.492 e. The Morgan fingerprint density at radius 3 is 2.83 bits per heavy atom. The van der Waals surface area contributed by atoms with Crippen molar-refractivity contribution in [3.8, 4) is 5.75 Å². The van der Waals surface area contributed by atoms with Crippen LogP contribution in [0.1, 0.15) is 13.3 Å². The van der Waals surface area contributed by atoms with E-state index in [4.69, 9.17) is 9.47 Å². The summed E-state index contributed by atoms with van der Waals surface area (Å²) >= 11 is 3.21. The van der Waals surface area contributed by atoms with Gasteiger partial charge in [-0.15, -0.1) is 0 Å². The number of nitro groups is 1. The zero-order valence-electron chi connectivity index (χ0n) is 9.72. The summed E-state index contributed by atoms with van der Waals surface area (Å²) in [7, 11) is 0. The molecule has 0 bridgehead atoms. The third kappa shape index (κ3) is 4.33. The van der Waals surface area contributed by atoms with E-state index in [1.165, 1.54) is 18.2 Å². The van der Waals surface area contributed by atoms with Crippen molar-refractivity contribution in [2.45, 2.75) is 13.3 Å². The molecule has 0 N–H and O–H groups in total. The monoisotopic (exact) mass is 317 g/mol. The molecule has 0 aromatic heterocycles. The summed E-state index contributed by atoms with van der Waals surface area (Å²) in [6, 6.07) is 4.19. The minimum absolute atomic E-state index is 0.0654. The lowest BCUT2D eigenvalue weighted by Crippen LogP contribution is -2.09. The van der Waals surface area contributed by atoms with Gasteiger partial charge in [-0.2, -0.15) is 0 Å². The Hall–Kier alpha value is -1.63. The summed E-state index contributed by atoms with van der Waals surface area (Å²) in [6.07, 6.45) is 0.100. The number of carbonyl (C=O) groups excluding carboxylic acids is 1. The highest BCUT2D eigenvalue weighted by molar-refractivity contribution is 9.10. The number of nitrogens with zero attached hydrogens (tertiary/aromatic N) is 1. The number of halogens is 1. The molecule has 1 aromatic rings. The second-order valence-electron chi connectivity index (χ2n) is 3.28. The fourth-order valence-electron chi connectivity index (χ4n) is 1.19. The van der Waals surface area contributed by atoms with E-state index in [0.717, 1.165) is 0 Å². The molecule has 0 saturated heterocycles. The lowest BCUT2D eigenvalue weighted by atomic mass is 10.3. The summed E-state index contributed by atoms with van der Waals surface area (Å²) in [5.41, 5.74) is -0.0654. The lowest BCUT2D eigenvalue weighted by Gasteiger charge is -2.07. The molecule has 0 saturated carbocycles. The first-order valence-corrected chi connectivity index (χ1v) is 6.06. The Labute approximate surface area is 112 Å².